The first-order chi connectivity index (χ1) is 12.7. The molecule has 0 bridgehead atoms. The number of benzene rings is 3. The molecule has 132 valence electrons. The summed E-state index contributed by atoms with van der Waals surface area (Å²) in [5.74, 6) is -0.301. The van der Waals surface area contributed by atoms with Gasteiger partial charge in [0.15, 0.2) is 0 Å². The number of hydrogen-bond donors (Lipinski definition) is 0. The highest BCUT2D eigenvalue weighted by molar-refractivity contribution is 6.07. The summed E-state index contributed by atoms with van der Waals surface area (Å²) in [5.41, 5.74) is 1.87. The summed E-state index contributed by atoms with van der Waals surface area (Å²) in [7, 11) is 0. The summed E-state index contributed by atoms with van der Waals surface area (Å²) >= 11 is 0. The number of nitrogens with zero attached hydrogens (tertiary/aromatic N) is 2. The summed E-state index contributed by atoms with van der Waals surface area (Å²) in [4.78, 5) is 17.2. The lowest BCUT2D eigenvalue weighted by molar-refractivity contribution is 0.0630. The van der Waals surface area contributed by atoms with Crippen LogP contribution in [0.1, 0.15) is 15.9 Å². The van der Waals surface area contributed by atoms with Gasteiger partial charge in [-0.2, -0.15) is 0 Å². The zero-order valence-electron chi connectivity index (χ0n) is 14.6. The third kappa shape index (κ3) is 3.33. The summed E-state index contributed by atoms with van der Waals surface area (Å²) < 4.78 is 14.0. The number of rotatable bonds is 3. The van der Waals surface area contributed by atoms with Crippen molar-refractivity contribution < 1.29 is 9.18 Å². The fourth-order valence-electron chi connectivity index (χ4n) is 3.57. The van der Waals surface area contributed by atoms with Crippen molar-refractivity contribution in [2.75, 3.05) is 26.2 Å². The van der Waals surface area contributed by atoms with Crippen LogP contribution in [0.5, 0.6) is 0 Å². The largest absolute Gasteiger partial charge is 0.336 e. The first-order valence-corrected chi connectivity index (χ1v) is 8.95. The monoisotopic (exact) mass is 348 g/mol. The molecule has 0 spiro atoms. The molecule has 4 rings (SSSR count). The zero-order chi connectivity index (χ0) is 17.9. The zero-order valence-corrected chi connectivity index (χ0v) is 14.6. The molecular weight excluding hydrogens is 327 g/mol. The lowest BCUT2D eigenvalue weighted by Crippen LogP contribution is -2.48. The van der Waals surface area contributed by atoms with E-state index >= 15 is 0 Å². The molecule has 0 aliphatic carbocycles. The van der Waals surface area contributed by atoms with Gasteiger partial charge in [-0.05, 0) is 23.1 Å². The minimum absolute atomic E-state index is 0.0134. The van der Waals surface area contributed by atoms with Crippen molar-refractivity contribution in [3.8, 4) is 0 Å². The van der Waals surface area contributed by atoms with Crippen LogP contribution in [-0.2, 0) is 6.54 Å². The Balaban J connectivity index is 1.47. The summed E-state index contributed by atoms with van der Waals surface area (Å²) in [6, 6.07) is 20.5. The fourth-order valence-corrected chi connectivity index (χ4v) is 3.57. The van der Waals surface area contributed by atoms with E-state index in [1.165, 1.54) is 11.6 Å². The molecule has 0 N–H and O–H groups in total. The molecule has 1 aliphatic rings. The van der Waals surface area contributed by atoms with Gasteiger partial charge in [0.05, 0.1) is 0 Å². The van der Waals surface area contributed by atoms with Crippen LogP contribution >= 0.6 is 0 Å². The minimum atomic E-state index is -0.287. The maximum atomic E-state index is 14.0. The minimum Gasteiger partial charge on any atom is -0.336 e. The molecule has 0 radical (unpaired) electrons. The second-order valence-electron chi connectivity index (χ2n) is 6.69. The standard InChI is InChI=1S/C22H21FN2O/c23-21-11-10-20(18-8-4-5-9-19(18)21)22(26)25-14-12-24(13-15-25)16-17-6-2-1-3-7-17/h1-11H,12-16H2. The highest BCUT2D eigenvalue weighted by atomic mass is 19.1. The Morgan fingerprint density at radius 1 is 0.808 bits per heavy atom. The van der Waals surface area contributed by atoms with Gasteiger partial charge < -0.3 is 4.90 Å². The Kier molecular flexibility index (Phi) is 4.67. The van der Waals surface area contributed by atoms with Crippen LogP contribution in [0.4, 0.5) is 4.39 Å². The normalized spacial score (nSPS) is 15.3. The molecule has 0 atom stereocenters. The number of amides is 1. The van der Waals surface area contributed by atoms with Gasteiger partial charge in [-0.1, -0.05) is 54.6 Å². The van der Waals surface area contributed by atoms with Crippen LogP contribution in [0.2, 0.25) is 0 Å². The highest BCUT2D eigenvalue weighted by Crippen LogP contribution is 2.23. The van der Waals surface area contributed by atoms with Gasteiger partial charge in [0.1, 0.15) is 5.82 Å². The maximum absolute atomic E-state index is 14.0. The van der Waals surface area contributed by atoms with Crippen LogP contribution in [0.25, 0.3) is 10.8 Å². The Morgan fingerprint density at radius 2 is 1.46 bits per heavy atom. The molecule has 0 unspecified atom stereocenters. The molecule has 0 aromatic heterocycles. The second kappa shape index (κ2) is 7.26. The first-order valence-electron chi connectivity index (χ1n) is 8.95. The van der Waals surface area contributed by atoms with E-state index in [4.69, 9.17) is 0 Å². The molecule has 26 heavy (non-hydrogen) atoms. The smallest absolute Gasteiger partial charge is 0.254 e. The van der Waals surface area contributed by atoms with Crippen LogP contribution in [0.3, 0.4) is 0 Å². The summed E-state index contributed by atoms with van der Waals surface area (Å²) in [5, 5.41) is 1.19. The van der Waals surface area contributed by atoms with E-state index in [9.17, 15) is 9.18 Å². The predicted molar refractivity (Wildman–Crippen MR) is 102 cm³/mol. The number of hydrogen-bond acceptors (Lipinski definition) is 2. The fraction of sp³-hybridized carbons (Fsp3) is 0.227. The maximum Gasteiger partial charge on any atom is 0.254 e. The van der Waals surface area contributed by atoms with E-state index in [0.29, 0.717) is 29.4 Å². The predicted octanol–water partition coefficient (Wildman–Crippen LogP) is 3.94. The van der Waals surface area contributed by atoms with E-state index < -0.39 is 0 Å². The topological polar surface area (TPSA) is 23.6 Å². The average molecular weight is 348 g/mol. The molecule has 0 saturated carbocycles. The first kappa shape index (κ1) is 16.7. The van der Waals surface area contributed by atoms with Crippen molar-refractivity contribution >= 4 is 16.7 Å². The highest BCUT2D eigenvalue weighted by Gasteiger charge is 2.23. The van der Waals surface area contributed by atoms with Crippen LogP contribution < -0.4 is 0 Å². The Hall–Kier alpha value is -2.72. The Labute approximate surface area is 152 Å². The quantitative estimate of drug-likeness (QED) is 0.716. The van der Waals surface area contributed by atoms with Gasteiger partial charge in [0, 0.05) is 43.7 Å². The molecule has 1 aliphatic heterocycles. The number of fused-ring (bicyclic) bond motifs is 1. The number of piperazine rings is 1. The summed E-state index contributed by atoms with van der Waals surface area (Å²) in [6.07, 6.45) is 0. The summed E-state index contributed by atoms with van der Waals surface area (Å²) in [6.45, 7) is 3.98. The molecule has 1 heterocycles. The second-order valence-corrected chi connectivity index (χ2v) is 6.69. The lowest BCUT2D eigenvalue weighted by atomic mass is 10.0. The number of carbonyl (C=O) groups excluding carboxylic acids is 1. The van der Waals surface area contributed by atoms with Crippen molar-refractivity contribution in [2.45, 2.75) is 6.54 Å². The number of halogens is 1. The Morgan fingerprint density at radius 3 is 2.19 bits per heavy atom. The molecule has 3 nitrogen and oxygen atoms in total. The van der Waals surface area contributed by atoms with E-state index in [1.807, 2.05) is 23.1 Å². The van der Waals surface area contributed by atoms with Crippen LogP contribution in [-0.4, -0.2) is 41.9 Å². The van der Waals surface area contributed by atoms with Gasteiger partial charge in [-0.15, -0.1) is 0 Å². The van der Waals surface area contributed by atoms with Crippen molar-refractivity contribution in [2.24, 2.45) is 0 Å². The third-order valence-corrected chi connectivity index (χ3v) is 5.01. The van der Waals surface area contributed by atoms with Crippen molar-refractivity contribution in [1.29, 1.82) is 0 Å². The van der Waals surface area contributed by atoms with E-state index in [-0.39, 0.29) is 11.7 Å². The van der Waals surface area contributed by atoms with E-state index in [2.05, 4.69) is 29.2 Å². The van der Waals surface area contributed by atoms with Gasteiger partial charge in [-0.3, -0.25) is 9.69 Å². The SMILES string of the molecule is O=C(c1ccc(F)c2ccccc12)N1CCN(Cc2ccccc2)CC1. The van der Waals surface area contributed by atoms with Gasteiger partial charge in [0.25, 0.3) is 5.91 Å². The molecule has 1 amide bonds. The van der Waals surface area contributed by atoms with E-state index in [1.54, 1.807) is 18.2 Å². The number of carbonyl (C=O) groups is 1. The van der Waals surface area contributed by atoms with Gasteiger partial charge in [-0.25, -0.2) is 4.39 Å². The van der Waals surface area contributed by atoms with Gasteiger partial charge in [0.2, 0.25) is 0 Å². The molecular formula is C22H21FN2O. The van der Waals surface area contributed by atoms with Gasteiger partial charge >= 0.3 is 0 Å². The Bertz CT molecular complexity index is 918. The van der Waals surface area contributed by atoms with Crippen LogP contribution in [0.15, 0.2) is 66.7 Å². The average Bonchev–Trinajstić information content (AvgIpc) is 2.69. The molecule has 4 heteroatoms. The molecule has 3 aromatic carbocycles. The lowest BCUT2D eigenvalue weighted by Gasteiger charge is -2.35. The van der Waals surface area contributed by atoms with Crippen molar-refractivity contribution in [3.05, 3.63) is 83.7 Å². The third-order valence-electron chi connectivity index (χ3n) is 5.01. The van der Waals surface area contributed by atoms with E-state index in [0.717, 1.165) is 19.6 Å². The molecule has 1 saturated heterocycles. The molecule has 3 aromatic rings. The van der Waals surface area contributed by atoms with Crippen molar-refractivity contribution in [1.82, 2.24) is 9.80 Å². The molecule has 1 fully saturated rings. The van der Waals surface area contributed by atoms with Crippen LogP contribution in [0, 0.1) is 5.82 Å². The van der Waals surface area contributed by atoms with Crippen molar-refractivity contribution in [3.63, 3.8) is 0 Å².